The van der Waals surface area contributed by atoms with Gasteiger partial charge in [0.05, 0.1) is 12.3 Å². The fourth-order valence-corrected chi connectivity index (χ4v) is 5.71. The number of benzene rings is 2. The number of hydrogen-bond donors (Lipinski definition) is 2. The highest BCUT2D eigenvalue weighted by molar-refractivity contribution is 7.94. The summed E-state index contributed by atoms with van der Waals surface area (Å²) in [4.78, 5) is 12.1. The average Bonchev–Trinajstić information content (AvgIpc) is 3.16. The number of nitrogens with one attached hydrogen (secondary N) is 1. The van der Waals surface area contributed by atoms with Crippen LogP contribution >= 0.6 is 22.9 Å². The Balaban J connectivity index is 1.72. The van der Waals surface area contributed by atoms with Crippen LogP contribution in [0.15, 0.2) is 52.7 Å². The number of ether oxygens (including phenoxy) is 2. The van der Waals surface area contributed by atoms with Crippen LogP contribution in [0.1, 0.15) is 23.2 Å². The van der Waals surface area contributed by atoms with Crippen LogP contribution < -0.4 is 4.72 Å². The van der Waals surface area contributed by atoms with Gasteiger partial charge in [0.15, 0.2) is 0 Å². The van der Waals surface area contributed by atoms with Crippen LogP contribution in [0.5, 0.6) is 5.75 Å². The molecule has 0 saturated carbocycles. The van der Waals surface area contributed by atoms with Crippen LogP contribution in [0.25, 0.3) is 11.1 Å². The molecule has 0 amide bonds. The molecule has 0 saturated heterocycles. The maximum atomic E-state index is 13.5. The largest absolute Gasteiger partial charge is 0.507 e. The number of sulfonamides is 1. The Hall–Kier alpha value is -2.66. The maximum absolute atomic E-state index is 13.5. The summed E-state index contributed by atoms with van der Waals surface area (Å²) in [5, 5.41) is 10.2. The van der Waals surface area contributed by atoms with E-state index >= 15 is 0 Å². The first-order valence-electron chi connectivity index (χ1n) is 9.78. The number of methoxy groups -OCH3 is 1. The summed E-state index contributed by atoms with van der Waals surface area (Å²) in [7, 11) is -2.48. The van der Waals surface area contributed by atoms with Crippen molar-refractivity contribution >= 4 is 44.6 Å². The van der Waals surface area contributed by atoms with E-state index in [-0.39, 0.29) is 26.4 Å². The molecule has 0 radical (unpaired) electrons. The van der Waals surface area contributed by atoms with Crippen molar-refractivity contribution in [2.75, 3.05) is 25.0 Å². The van der Waals surface area contributed by atoms with Crippen LogP contribution in [-0.2, 0) is 19.5 Å². The number of phenolic OH excluding ortho intramolecular Hbond substituents is 1. The minimum atomic E-state index is -4.05. The van der Waals surface area contributed by atoms with Crippen molar-refractivity contribution in [2.45, 2.75) is 17.1 Å². The molecule has 0 atom stereocenters. The number of carbonyl (C=O) groups excluding carboxylic acids is 1. The van der Waals surface area contributed by atoms with Gasteiger partial charge in [0, 0.05) is 25.3 Å². The predicted octanol–water partition coefficient (Wildman–Crippen LogP) is 5.30. The molecule has 7 nitrogen and oxygen atoms in total. The van der Waals surface area contributed by atoms with Gasteiger partial charge in [-0.25, -0.2) is 17.6 Å². The van der Waals surface area contributed by atoms with E-state index < -0.39 is 27.6 Å². The molecular formula is C22H21ClFNO6S2. The van der Waals surface area contributed by atoms with E-state index in [1.54, 1.807) is 13.2 Å². The standard InChI is InChI=1S/C22H21ClFNO6S2/c1-30-9-2-3-10-31-22(27)17-8-7-16(12-19(17)26)25-33(28,29)20-13-18(21(23)32-20)14-5-4-6-15(24)11-14/h4-8,11-13,25-26H,2-3,9-10H2,1H3. The maximum Gasteiger partial charge on any atom is 0.341 e. The number of aromatic hydroxyl groups is 1. The Labute approximate surface area is 199 Å². The Morgan fingerprint density at radius 3 is 2.61 bits per heavy atom. The van der Waals surface area contributed by atoms with E-state index in [0.717, 1.165) is 23.8 Å². The number of phenols is 1. The molecule has 1 aromatic heterocycles. The summed E-state index contributed by atoms with van der Waals surface area (Å²) in [6, 6.07) is 10.7. The number of rotatable bonds is 10. The second-order valence-electron chi connectivity index (χ2n) is 6.94. The quantitative estimate of drug-likeness (QED) is 0.282. The van der Waals surface area contributed by atoms with Gasteiger partial charge in [-0.1, -0.05) is 23.7 Å². The van der Waals surface area contributed by atoms with Crippen molar-refractivity contribution in [3.05, 3.63) is 64.2 Å². The Morgan fingerprint density at radius 2 is 1.91 bits per heavy atom. The fourth-order valence-electron chi connectivity index (χ4n) is 2.90. The van der Waals surface area contributed by atoms with Crippen molar-refractivity contribution < 1.29 is 32.2 Å². The lowest BCUT2D eigenvalue weighted by atomic mass is 10.1. The van der Waals surface area contributed by atoms with E-state index in [9.17, 15) is 22.7 Å². The highest BCUT2D eigenvalue weighted by atomic mass is 35.5. The first-order chi connectivity index (χ1) is 15.7. The molecule has 0 bridgehead atoms. The smallest absolute Gasteiger partial charge is 0.341 e. The molecule has 176 valence electrons. The van der Waals surface area contributed by atoms with Crippen molar-refractivity contribution in [3.63, 3.8) is 0 Å². The number of thiophene rings is 1. The van der Waals surface area contributed by atoms with Crippen LogP contribution in [-0.4, -0.2) is 39.8 Å². The molecule has 3 aromatic rings. The number of anilines is 1. The van der Waals surface area contributed by atoms with Gasteiger partial charge < -0.3 is 14.6 Å². The molecule has 33 heavy (non-hydrogen) atoms. The molecule has 0 fully saturated rings. The average molecular weight is 514 g/mol. The van der Waals surface area contributed by atoms with Crippen LogP contribution in [0.4, 0.5) is 10.1 Å². The van der Waals surface area contributed by atoms with Gasteiger partial charge in [0.2, 0.25) is 0 Å². The van der Waals surface area contributed by atoms with Gasteiger partial charge in [-0.05, 0) is 48.7 Å². The Bertz CT molecular complexity index is 1250. The van der Waals surface area contributed by atoms with Gasteiger partial charge in [0.1, 0.15) is 25.7 Å². The van der Waals surface area contributed by atoms with Crippen molar-refractivity contribution in [1.82, 2.24) is 0 Å². The van der Waals surface area contributed by atoms with Crippen LogP contribution in [0.3, 0.4) is 0 Å². The number of carbonyl (C=O) groups is 1. The van der Waals surface area contributed by atoms with E-state index in [1.807, 2.05) is 0 Å². The zero-order valence-electron chi connectivity index (χ0n) is 17.5. The lowest BCUT2D eigenvalue weighted by Crippen LogP contribution is -2.12. The molecule has 0 aliphatic carbocycles. The number of esters is 1. The monoisotopic (exact) mass is 513 g/mol. The summed E-state index contributed by atoms with van der Waals surface area (Å²) >= 11 is 7.01. The summed E-state index contributed by atoms with van der Waals surface area (Å²) in [5.74, 6) is -1.62. The third-order valence-corrected chi connectivity index (χ3v) is 7.72. The second-order valence-corrected chi connectivity index (χ2v) is 10.5. The zero-order valence-corrected chi connectivity index (χ0v) is 19.9. The molecule has 11 heteroatoms. The number of hydrogen-bond acceptors (Lipinski definition) is 7. The highest BCUT2D eigenvalue weighted by Gasteiger charge is 2.22. The molecule has 1 heterocycles. The Kier molecular flexibility index (Phi) is 8.30. The highest BCUT2D eigenvalue weighted by Crippen LogP contribution is 2.38. The van der Waals surface area contributed by atoms with E-state index in [4.69, 9.17) is 21.1 Å². The molecule has 0 spiro atoms. The summed E-state index contributed by atoms with van der Waals surface area (Å²) in [6.45, 7) is 0.722. The van der Waals surface area contributed by atoms with Crippen LogP contribution in [0, 0.1) is 5.82 Å². The van der Waals surface area contributed by atoms with E-state index in [0.29, 0.717) is 24.2 Å². The third kappa shape index (κ3) is 6.44. The first-order valence-corrected chi connectivity index (χ1v) is 12.5. The summed E-state index contributed by atoms with van der Waals surface area (Å²) in [5.41, 5.74) is 0.784. The van der Waals surface area contributed by atoms with E-state index in [2.05, 4.69) is 4.72 Å². The number of halogens is 2. The van der Waals surface area contributed by atoms with Gasteiger partial charge in [-0.15, -0.1) is 11.3 Å². The predicted molar refractivity (Wildman–Crippen MR) is 125 cm³/mol. The van der Waals surface area contributed by atoms with Crippen molar-refractivity contribution in [3.8, 4) is 16.9 Å². The second kappa shape index (κ2) is 11.0. The fraction of sp³-hybridized carbons (Fsp3) is 0.227. The molecule has 2 N–H and O–H groups in total. The lowest BCUT2D eigenvalue weighted by Gasteiger charge is -2.10. The molecule has 3 rings (SSSR count). The minimum absolute atomic E-state index is 0.0426. The molecule has 0 aliphatic heterocycles. The summed E-state index contributed by atoms with van der Waals surface area (Å²) in [6.07, 6.45) is 1.34. The SMILES string of the molecule is COCCCCOC(=O)c1ccc(NS(=O)(=O)c2cc(-c3cccc(F)c3)c(Cl)s2)cc1O. The van der Waals surface area contributed by atoms with E-state index in [1.165, 1.54) is 36.4 Å². The van der Waals surface area contributed by atoms with Gasteiger partial charge in [-0.3, -0.25) is 4.72 Å². The minimum Gasteiger partial charge on any atom is -0.507 e. The molecule has 0 unspecified atom stereocenters. The van der Waals surface area contributed by atoms with Gasteiger partial charge >= 0.3 is 5.97 Å². The Morgan fingerprint density at radius 1 is 1.15 bits per heavy atom. The first kappa shape index (κ1) is 25.0. The zero-order chi connectivity index (χ0) is 24.0. The lowest BCUT2D eigenvalue weighted by molar-refractivity contribution is 0.0486. The molecule has 2 aromatic carbocycles. The topological polar surface area (TPSA) is 102 Å². The summed E-state index contributed by atoms with van der Waals surface area (Å²) < 4.78 is 51.6. The van der Waals surface area contributed by atoms with Gasteiger partial charge in [0.25, 0.3) is 10.0 Å². The normalized spacial score (nSPS) is 11.4. The molecule has 0 aliphatic rings. The van der Waals surface area contributed by atoms with Gasteiger partial charge in [-0.2, -0.15) is 0 Å². The molecular weight excluding hydrogens is 493 g/mol. The van der Waals surface area contributed by atoms with Crippen LogP contribution in [0.2, 0.25) is 4.34 Å². The van der Waals surface area contributed by atoms with Crippen molar-refractivity contribution in [1.29, 1.82) is 0 Å². The van der Waals surface area contributed by atoms with Crippen molar-refractivity contribution in [2.24, 2.45) is 0 Å². The third-order valence-electron chi connectivity index (χ3n) is 4.51. The number of unbranched alkanes of at least 4 members (excludes halogenated alkanes) is 1.